The molecule has 2 rings (SSSR count). The third-order valence-electron chi connectivity index (χ3n) is 4.02. The van der Waals surface area contributed by atoms with Crippen LogP contribution in [-0.2, 0) is 0 Å². The van der Waals surface area contributed by atoms with Crippen LogP contribution in [0.25, 0.3) is 6.08 Å². The van der Waals surface area contributed by atoms with Crippen LogP contribution in [0.2, 0.25) is 0 Å². The summed E-state index contributed by atoms with van der Waals surface area (Å²) in [5.74, 6) is 2.36. The van der Waals surface area contributed by atoms with Crippen LogP contribution in [0.4, 0.5) is 0 Å². The predicted molar refractivity (Wildman–Crippen MR) is 73.1 cm³/mol. The third kappa shape index (κ3) is 2.54. The van der Waals surface area contributed by atoms with E-state index in [1.807, 2.05) is 18.2 Å². The highest BCUT2D eigenvalue weighted by Gasteiger charge is 2.41. The van der Waals surface area contributed by atoms with E-state index in [0.29, 0.717) is 5.92 Å². The van der Waals surface area contributed by atoms with Crippen LogP contribution in [0.5, 0.6) is 5.75 Å². The van der Waals surface area contributed by atoms with Gasteiger partial charge >= 0.3 is 0 Å². The van der Waals surface area contributed by atoms with E-state index in [9.17, 15) is 0 Å². The number of hydrogen-bond donors (Lipinski definition) is 0. The van der Waals surface area contributed by atoms with Crippen LogP contribution >= 0.6 is 0 Å². The molecule has 92 valence electrons. The molecule has 1 nitrogen and oxygen atoms in total. The molecule has 0 radical (unpaired) electrons. The lowest BCUT2D eigenvalue weighted by Gasteiger charge is -2.30. The highest BCUT2D eigenvalue weighted by Crippen LogP contribution is 2.42. The van der Waals surface area contributed by atoms with E-state index in [2.05, 4.69) is 39.5 Å². The summed E-state index contributed by atoms with van der Waals surface area (Å²) >= 11 is 0. The van der Waals surface area contributed by atoms with Gasteiger partial charge in [-0.2, -0.15) is 0 Å². The van der Waals surface area contributed by atoms with Gasteiger partial charge in [-0.25, -0.2) is 0 Å². The number of benzene rings is 1. The second kappa shape index (κ2) is 4.56. The summed E-state index contributed by atoms with van der Waals surface area (Å²) in [5, 5.41) is 0. The fourth-order valence-electron chi connectivity index (χ4n) is 2.91. The van der Waals surface area contributed by atoms with Crippen molar-refractivity contribution in [1.82, 2.24) is 0 Å². The Hall–Kier alpha value is -1.24. The van der Waals surface area contributed by atoms with Crippen molar-refractivity contribution in [2.45, 2.75) is 39.2 Å². The van der Waals surface area contributed by atoms with Gasteiger partial charge in [-0.05, 0) is 49.3 Å². The minimum Gasteiger partial charge on any atom is -0.487 e. The van der Waals surface area contributed by atoms with E-state index >= 15 is 0 Å². The zero-order valence-electron chi connectivity index (χ0n) is 11.1. The van der Waals surface area contributed by atoms with Crippen molar-refractivity contribution in [2.24, 2.45) is 11.8 Å². The first-order valence-electron chi connectivity index (χ1n) is 6.45. The lowest BCUT2D eigenvalue weighted by Crippen LogP contribution is -2.35. The number of rotatable bonds is 3. The van der Waals surface area contributed by atoms with Gasteiger partial charge in [0, 0.05) is 0 Å². The van der Waals surface area contributed by atoms with Gasteiger partial charge in [-0.3, -0.25) is 0 Å². The second-order valence-electron chi connectivity index (χ2n) is 5.63. The van der Waals surface area contributed by atoms with Gasteiger partial charge in [-0.1, -0.05) is 38.6 Å². The van der Waals surface area contributed by atoms with Crippen LogP contribution in [0.1, 0.15) is 39.2 Å². The third-order valence-corrected chi connectivity index (χ3v) is 4.02. The van der Waals surface area contributed by atoms with Crippen LogP contribution in [0.3, 0.4) is 0 Å². The SMILES string of the molecule is C=Cc1ccc(OC2(C)CC(C)CC2C)cc1. The lowest BCUT2D eigenvalue weighted by atomic mass is 9.94. The van der Waals surface area contributed by atoms with Crippen molar-refractivity contribution in [3.8, 4) is 5.75 Å². The molecule has 1 heteroatoms. The van der Waals surface area contributed by atoms with Crippen molar-refractivity contribution in [3.05, 3.63) is 36.4 Å². The van der Waals surface area contributed by atoms with Crippen molar-refractivity contribution in [3.63, 3.8) is 0 Å². The minimum absolute atomic E-state index is 0.00485. The van der Waals surface area contributed by atoms with E-state index in [-0.39, 0.29) is 5.60 Å². The molecule has 0 saturated heterocycles. The van der Waals surface area contributed by atoms with Gasteiger partial charge in [-0.15, -0.1) is 0 Å². The van der Waals surface area contributed by atoms with E-state index in [4.69, 9.17) is 4.74 Å². The van der Waals surface area contributed by atoms with Crippen molar-refractivity contribution in [2.75, 3.05) is 0 Å². The monoisotopic (exact) mass is 230 g/mol. The molecule has 1 aliphatic rings. The second-order valence-corrected chi connectivity index (χ2v) is 5.63. The van der Waals surface area contributed by atoms with E-state index in [1.165, 1.54) is 6.42 Å². The molecule has 0 aromatic heterocycles. The Morgan fingerprint density at radius 1 is 1.29 bits per heavy atom. The standard InChI is InChI=1S/C16H22O/c1-5-14-6-8-15(9-7-14)17-16(4)11-12(2)10-13(16)3/h5-9,12-13H,1,10-11H2,2-4H3. The molecule has 0 heterocycles. The molecule has 0 spiro atoms. The van der Waals surface area contributed by atoms with Gasteiger partial charge in [0.15, 0.2) is 0 Å². The van der Waals surface area contributed by atoms with E-state index in [0.717, 1.165) is 23.7 Å². The first-order chi connectivity index (χ1) is 8.03. The Balaban J connectivity index is 2.11. The van der Waals surface area contributed by atoms with Crippen molar-refractivity contribution < 1.29 is 4.74 Å². The average molecular weight is 230 g/mol. The summed E-state index contributed by atoms with van der Waals surface area (Å²) in [7, 11) is 0. The molecule has 1 aromatic carbocycles. The topological polar surface area (TPSA) is 9.23 Å². The summed E-state index contributed by atoms with van der Waals surface area (Å²) in [5.41, 5.74) is 1.13. The quantitative estimate of drug-likeness (QED) is 0.741. The van der Waals surface area contributed by atoms with Crippen LogP contribution in [0.15, 0.2) is 30.8 Å². The normalized spacial score (nSPS) is 32.4. The summed E-state index contributed by atoms with van der Waals surface area (Å²) in [6, 6.07) is 8.18. The molecule has 0 aliphatic heterocycles. The molecule has 0 amide bonds. The summed E-state index contributed by atoms with van der Waals surface area (Å²) in [6.07, 6.45) is 4.27. The van der Waals surface area contributed by atoms with Crippen LogP contribution < -0.4 is 4.74 Å². The Morgan fingerprint density at radius 3 is 2.41 bits per heavy atom. The molecule has 1 saturated carbocycles. The van der Waals surface area contributed by atoms with Gasteiger partial charge in [0.2, 0.25) is 0 Å². The number of ether oxygens (including phenoxy) is 1. The van der Waals surface area contributed by atoms with Crippen LogP contribution in [0, 0.1) is 11.8 Å². The maximum absolute atomic E-state index is 6.21. The lowest BCUT2D eigenvalue weighted by molar-refractivity contribution is 0.0541. The maximum Gasteiger partial charge on any atom is 0.120 e. The molecular weight excluding hydrogens is 208 g/mol. The van der Waals surface area contributed by atoms with E-state index in [1.54, 1.807) is 0 Å². The molecule has 3 unspecified atom stereocenters. The van der Waals surface area contributed by atoms with Crippen molar-refractivity contribution in [1.29, 1.82) is 0 Å². The molecule has 17 heavy (non-hydrogen) atoms. The minimum atomic E-state index is -0.00485. The zero-order valence-corrected chi connectivity index (χ0v) is 11.1. The highest BCUT2D eigenvalue weighted by atomic mass is 16.5. The molecule has 3 atom stereocenters. The first kappa shape index (κ1) is 12.2. The van der Waals surface area contributed by atoms with Crippen LogP contribution in [-0.4, -0.2) is 5.60 Å². The Kier molecular flexibility index (Phi) is 3.28. The van der Waals surface area contributed by atoms with Crippen molar-refractivity contribution >= 4 is 6.08 Å². The maximum atomic E-state index is 6.21. The molecular formula is C16H22O. The summed E-state index contributed by atoms with van der Waals surface area (Å²) < 4.78 is 6.21. The molecule has 1 aliphatic carbocycles. The van der Waals surface area contributed by atoms with Gasteiger partial charge in [0.05, 0.1) is 0 Å². The van der Waals surface area contributed by atoms with Gasteiger partial charge in [0.1, 0.15) is 11.4 Å². The molecule has 0 bridgehead atoms. The van der Waals surface area contributed by atoms with Gasteiger partial charge < -0.3 is 4.74 Å². The Morgan fingerprint density at radius 2 is 1.94 bits per heavy atom. The molecule has 0 N–H and O–H groups in total. The Labute approximate surface area is 104 Å². The summed E-state index contributed by atoms with van der Waals surface area (Å²) in [6.45, 7) is 10.6. The van der Waals surface area contributed by atoms with E-state index < -0.39 is 0 Å². The fraction of sp³-hybridized carbons (Fsp3) is 0.500. The Bertz CT molecular complexity index is 392. The summed E-state index contributed by atoms with van der Waals surface area (Å²) in [4.78, 5) is 0. The number of hydrogen-bond acceptors (Lipinski definition) is 1. The molecule has 1 aromatic rings. The smallest absolute Gasteiger partial charge is 0.120 e. The zero-order chi connectivity index (χ0) is 12.5. The predicted octanol–water partition coefficient (Wildman–Crippen LogP) is 4.53. The first-order valence-corrected chi connectivity index (χ1v) is 6.45. The average Bonchev–Trinajstić information content (AvgIpc) is 2.53. The fourth-order valence-corrected chi connectivity index (χ4v) is 2.91. The van der Waals surface area contributed by atoms with Gasteiger partial charge in [0.25, 0.3) is 0 Å². The molecule has 1 fully saturated rings. The largest absolute Gasteiger partial charge is 0.487 e. The highest BCUT2D eigenvalue weighted by molar-refractivity contribution is 5.48.